The molecule has 0 bridgehead atoms. The van der Waals surface area contributed by atoms with Gasteiger partial charge in [0.15, 0.2) is 0 Å². The number of esters is 1. The number of hydrogen-bond acceptors (Lipinski definition) is 4. The first kappa shape index (κ1) is 15.4. The quantitative estimate of drug-likeness (QED) is 0.356. The number of unbranched alkanes of at least 4 members (excludes halogenated alkanes) is 2. The van der Waals surface area contributed by atoms with Crippen LogP contribution in [0.3, 0.4) is 0 Å². The van der Waals surface area contributed by atoms with Gasteiger partial charge in [-0.1, -0.05) is 20.3 Å². The molecule has 0 atom stereocenters. The molecule has 0 unspecified atom stereocenters. The molecular weight excluding hydrogens is 206 g/mol. The van der Waals surface area contributed by atoms with Crippen LogP contribution in [0.1, 0.15) is 46.5 Å². The zero-order valence-electron chi connectivity index (χ0n) is 10.8. The van der Waals surface area contributed by atoms with E-state index < -0.39 is 0 Å². The summed E-state index contributed by atoms with van der Waals surface area (Å²) in [6.07, 6.45) is 3.47. The van der Waals surface area contributed by atoms with E-state index in [-0.39, 0.29) is 5.97 Å². The molecule has 0 aromatic heterocycles. The molecule has 1 N–H and O–H groups in total. The SMILES string of the molecule is CCOC(=O)CCCCCNOCC(C)C. The molecule has 0 radical (unpaired) electrons. The predicted molar refractivity (Wildman–Crippen MR) is 63.9 cm³/mol. The van der Waals surface area contributed by atoms with E-state index in [2.05, 4.69) is 19.3 Å². The molecule has 4 nitrogen and oxygen atoms in total. The van der Waals surface area contributed by atoms with Crippen LogP contribution in [0.5, 0.6) is 0 Å². The van der Waals surface area contributed by atoms with Crippen LogP contribution in [0.2, 0.25) is 0 Å². The van der Waals surface area contributed by atoms with E-state index >= 15 is 0 Å². The van der Waals surface area contributed by atoms with E-state index in [1.54, 1.807) is 0 Å². The minimum atomic E-state index is -0.0912. The van der Waals surface area contributed by atoms with E-state index in [9.17, 15) is 4.79 Å². The Hall–Kier alpha value is -0.610. The first-order valence-electron chi connectivity index (χ1n) is 6.17. The van der Waals surface area contributed by atoms with Gasteiger partial charge < -0.3 is 9.57 Å². The fourth-order valence-electron chi connectivity index (χ4n) is 1.17. The van der Waals surface area contributed by atoms with Gasteiger partial charge in [-0.2, -0.15) is 0 Å². The maximum Gasteiger partial charge on any atom is 0.305 e. The second kappa shape index (κ2) is 10.9. The summed E-state index contributed by atoms with van der Waals surface area (Å²) >= 11 is 0. The Morgan fingerprint density at radius 2 is 2.00 bits per heavy atom. The normalized spacial score (nSPS) is 10.8. The number of carbonyl (C=O) groups is 1. The zero-order chi connectivity index (χ0) is 12.2. The molecule has 0 aromatic carbocycles. The summed E-state index contributed by atoms with van der Waals surface area (Å²) in [7, 11) is 0. The molecule has 4 heteroatoms. The number of ether oxygens (including phenoxy) is 1. The van der Waals surface area contributed by atoms with Crippen molar-refractivity contribution in [1.82, 2.24) is 5.48 Å². The van der Waals surface area contributed by atoms with Crippen LogP contribution in [0.15, 0.2) is 0 Å². The van der Waals surface area contributed by atoms with Gasteiger partial charge in [0.25, 0.3) is 0 Å². The number of nitrogens with one attached hydrogen (secondary N) is 1. The summed E-state index contributed by atoms with van der Waals surface area (Å²) < 4.78 is 4.83. The largest absolute Gasteiger partial charge is 0.466 e. The topological polar surface area (TPSA) is 47.6 Å². The number of carbonyl (C=O) groups excluding carboxylic acids is 1. The molecule has 96 valence electrons. The third-order valence-electron chi connectivity index (χ3n) is 1.98. The lowest BCUT2D eigenvalue weighted by molar-refractivity contribution is -0.143. The molecule has 0 saturated carbocycles. The van der Waals surface area contributed by atoms with Crippen molar-refractivity contribution in [3.63, 3.8) is 0 Å². The highest BCUT2D eigenvalue weighted by Crippen LogP contribution is 2.00. The fraction of sp³-hybridized carbons (Fsp3) is 0.917. The van der Waals surface area contributed by atoms with Crippen molar-refractivity contribution in [3.8, 4) is 0 Å². The first-order chi connectivity index (χ1) is 7.66. The third kappa shape index (κ3) is 11.5. The van der Waals surface area contributed by atoms with Crippen LogP contribution < -0.4 is 5.48 Å². The lowest BCUT2D eigenvalue weighted by Crippen LogP contribution is -2.19. The van der Waals surface area contributed by atoms with Gasteiger partial charge in [-0.25, -0.2) is 5.48 Å². The second-order valence-corrected chi connectivity index (χ2v) is 4.21. The van der Waals surface area contributed by atoms with Gasteiger partial charge in [-0.3, -0.25) is 4.79 Å². The highest BCUT2D eigenvalue weighted by atomic mass is 16.6. The van der Waals surface area contributed by atoms with Crippen molar-refractivity contribution < 1.29 is 14.4 Å². The molecule has 0 aliphatic carbocycles. The highest BCUT2D eigenvalue weighted by molar-refractivity contribution is 5.69. The molecule has 0 saturated heterocycles. The Labute approximate surface area is 98.6 Å². The summed E-state index contributed by atoms with van der Waals surface area (Å²) in [5, 5.41) is 0. The van der Waals surface area contributed by atoms with Crippen molar-refractivity contribution in [1.29, 1.82) is 0 Å². The van der Waals surface area contributed by atoms with Crippen molar-refractivity contribution in [3.05, 3.63) is 0 Å². The van der Waals surface area contributed by atoms with Crippen molar-refractivity contribution >= 4 is 5.97 Å². The minimum Gasteiger partial charge on any atom is -0.466 e. The lowest BCUT2D eigenvalue weighted by atomic mass is 10.2. The molecule has 0 aromatic rings. The van der Waals surface area contributed by atoms with Crippen molar-refractivity contribution in [2.24, 2.45) is 5.92 Å². The van der Waals surface area contributed by atoms with Crippen LogP contribution in [0.4, 0.5) is 0 Å². The van der Waals surface area contributed by atoms with Crippen LogP contribution in [0, 0.1) is 5.92 Å². The zero-order valence-corrected chi connectivity index (χ0v) is 10.8. The van der Waals surface area contributed by atoms with Gasteiger partial charge in [0.2, 0.25) is 0 Å². The molecule has 0 aliphatic heterocycles. The first-order valence-corrected chi connectivity index (χ1v) is 6.17. The minimum absolute atomic E-state index is 0.0912. The monoisotopic (exact) mass is 231 g/mol. The van der Waals surface area contributed by atoms with Gasteiger partial charge in [-0.15, -0.1) is 0 Å². The summed E-state index contributed by atoms with van der Waals surface area (Å²) in [6.45, 7) is 8.11. The summed E-state index contributed by atoms with van der Waals surface area (Å²) in [5.74, 6) is 0.461. The Kier molecular flexibility index (Phi) is 10.5. The molecule has 0 aliphatic rings. The Balaban J connectivity index is 3.07. The van der Waals surface area contributed by atoms with Gasteiger partial charge in [0.1, 0.15) is 0 Å². The Morgan fingerprint density at radius 1 is 1.25 bits per heavy atom. The number of hydrogen-bond donors (Lipinski definition) is 1. The summed E-state index contributed by atoms with van der Waals surface area (Å²) in [5.41, 5.74) is 2.91. The van der Waals surface area contributed by atoms with E-state index in [1.165, 1.54) is 0 Å². The van der Waals surface area contributed by atoms with Crippen molar-refractivity contribution in [2.45, 2.75) is 46.5 Å². The van der Waals surface area contributed by atoms with E-state index in [1.807, 2.05) is 6.92 Å². The number of hydroxylamine groups is 1. The number of rotatable bonds is 10. The van der Waals surface area contributed by atoms with Crippen LogP contribution in [0.25, 0.3) is 0 Å². The average molecular weight is 231 g/mol. The second-order valence-electron chi connectivity index (χ2n) is 4.21. The van der Waals surface area contributed by atoms with Crippen LogP contribution in [-0.4, -0.2) is 25.7 Å². The Bertz CT molecular complexity index is 172. The van der Waals surface area contributed by atoms with Gasteiger partial charge in [0, 0.05) is 13.0 Å². The molecule has 16 heavy (non-hydrogen) atoms. The third-order valence-corrected chi connectivity index (χ3v) is 1.98. The lowest BCUT2D eigenvalue weighted by Gasteiger charge is -2.07. The highest BCUT2D eigenvalue weighted by Gasteiger charge is 2.00. The standard InChI is InChI=1S/C12H25NO3/c1-4-15-12(14)8-6-5-7-9-13-16-10-11(2)3/h11,13H,4-10H2,1-3H3. The molecule has 0 fully saturated rings. The van der Waals surface area contributed by atoms with E-state index in [4.69, 9.17) is 9.57 Å². The maximum absolute atomic E-state index is 11.0. The molecule has 0 spiro atoms. The molecule has 0 rings (SSSR count). The molecule has 0 amide bonds. The fourth-order valence-corrected chi connectivity index (χ4v) is 1.17. The van der Waals surface area contributed by atoms with E-state index in [0.717, 1.165) is 32.4 Å². The Morgan fingerprint density at radius 3 is 2.62 bits per heavy atom. The predicted octanol–water partition coefficient (Wildman–Crippen LogP) is 2.29. The van der Waals surface area contributed by atoms with Crippen LogP contribution >= 0.6 is 0 Å². The average Bonchev–Trinajstić information content (AvgIpc) is 2.22. The van der Waals surface area contributed by atoms with Gasteiger partial charge in [-0.05, 0) is 25.7 Å². The summed E-state index contributed by atoms with van der Waals surface area (Å²) in [4.78, 5) is 16.2. The molecular formula is C12H25NO3. The van der Waals surface area contributed by atoms with Crippen molar-refractivity contribution in [2.75, 3.05) is 19.8 Å². The van der Waals surface area contributed by atoms with E-state index in [0.29, 0.717) is 18.9 Å². The molecule has 0 heterocycles. The van der Waals surface area contributed by atoms with Gasteiger partial charge >= 0.3 is 5.97 Å². The maximum atomic E-state index is 11.0. The smallest absolute Gasteiger partial charge is 0.305 e. The van der Waals surface area contributed by atoms with Crippen LogP contribution in [-0.2, 0) is 14.4 Å². The summed E-state index contributed by atoms with van der Waals surface area (Å²) in [6, 6.07) is 0. The van der Waals surface area contributed by atoms with Gasteiger partial charge in [0.05, 0.1) is 13.2 Å².